The minimum atomic E-state index is -0.360. The first kappa shape index (κ1) is 17.3. The number of ether oxygens (including phenoxy) is 1. The van der Waals surface area contributed by atoms with Crippen LogP contribution in [0.3, 0.4) is 0 Å². The second-order valence-electron chi connectivity index (χ2n) is 6.45. The van der Waals surface area contributed by atoms with Gasteiger partial charge in [0.1, 0.15) is 16.9 Å². The van der Waals surface area contributed by atoms with E-state index in [4.69, 9.17) is 9.37 Å². The molecule has 3 aromatic rings. The fourth-order valence-corrected chi connectivity index (χ4v) is 3.55. The summed E-state index contributed by atoms with van der Waals surface area (Å²) in [5.74, 6) is 0.0931. The average molecular weight is 367 g/mol. The predicted octanol–water partition coefficient (Wildman–Crippen LogP) is 3.51. The molecule has 1 unspecified atom stereocenters. The normalized spacial score (nSPS) is 16.3. The van der Waals surface area contributed by atoms with E-state index in [-0.39, 0.29) is 11.9 Å². The summed E-state index contributed by atoms with van der Waals surface area (Å²) >= 11 is 0. The number of H-pyrrole nitrogens is 1. The maximum atomic E-state index is 13.0. The lowest BCUT2D eigenvalue weighted by Gasteiger charge is -2.28. The highest BCUT2D eigenvalue weighted by molar-refractivity contribution is 5.96. The van der Waals surface area contributed by atoms with E-state index in [1.165, 1.54) is 0 Å². The molecule has 4 rings (SSSR count). The Labute approximate surface area is 155 Å². The van der Waals surface area contributed by atoms with E-state index in [0.29, 0.717) is 23.2 Å². The monoisotopic (exact) mass is 367 g/mol. The fraction of sp³-hybridized carbons (Fsp3) is 0.368. The summed E-state index contributed by atoms with van der Waals surface area (Å²) in [7, 11) is 0. The van der Waals surface area contributed by atoms with E-state index >= 15 is 0 Å². The van der Waals surface area contributed by atoms with Crippen molar-refractivity contribution >= 4 is 22.8 Å². The Hall–Kier alpha value is -3.16. The molecule has 2 N–H and O–H groups in total. The number of unbranched alkanes of at least 4 members (excludes halogenated alkanes) is 1. The lowest BCUT2D eigenvalue weighted by atomic mass is 9.81. The zero-order valence-corrected chi connectivity index (χ0v) is 15.3. The summed E-state index contributed by atoms with van der Waals surface area (Å²) in [6.45, 7) is 4.24. The van der Waals surface area contributed by atoms with Gasteiger partial charge in [-0.3, -0.25) is 5.10 Å². The predicted molar refractivity (Wildman–Crippen MR) is 99.0 cm³/mol. The van der Waals surface area contributed by atoms with E-state index in [1.807, 2.05) is 18.2 Å². The molecular formula is C19H21N5O3. The first-order chi connectivity index (χ1) is 13.2. The number of benzene rings is 1. The number of anilines is 1. The first-order valence-corrected chi connectivity index (χ1v) is 9.16. The van der Waals surface area contributed by atoms with Crippen LogP contribution in [0.1, 0.15) is 50.2 Å². The number of fused-ring (bicyclic) bond motifs is 2. The molecule has 8 nitrogen and oxygen atoms in total. The van der Waals surface area contributed by atoms with Gasteiger partial charge in [0.05, 0.1) is 24.3 Å². The van der Waals surface area contributed by atoms with Crippen molar-refractivity contribution in [3.8, 4) is 0 Å². The molecule has 3 heterocycles. The minimum absolute atomic E-state index is 0.310. The van der Waals surface area contributed by atoms with Gasteiger partial charge in [-0.1, -0.05) is 25.5 Å². The van der Waals surface area contributed by atoms with Crippen molar-refractivity contribution < 1.29 is 14.2 Å². The Kier molecular flexibility index (Phi) is 4.62. The molecule has 8 heteroatoms. The zero-order chi connectivity index (χ0) is 18.8. The van der Waals surface area contributed by atoms with Crippen molar-refractivity contribution in [1.82, 2.24) is 20.5 Å². The highest BCUT2D eigenvalue weighted by atomic mass is 16.6. The van der Waals surface area contributed by atoms with Gasteiger partial charge in [0, 0.05) is 11.3 Å². The van der Waals surface area contributed by atoms with Crippen LogP contribution in [0, 0.1) is 0 Å². The lowest BCUT2D eigenvalue weighted by Crippen LogP contribution is -2.25. The molecule has 1 atom stereocenters. The van der Waals surface area contributed by atoms with Gasteiger partial charge in [0.25, 0.3) is 0 Å². The highest BCUT2D eigenvalue weighted by Crippen LogP contribution is 2.43. The van der Waals surface area contributed by atoms with Crippen LogP contribution in [0.2, 0.25) is 0 Å². The van der Waals surface area contributed by atoms with Gasteiger partial charge in [-0.05, 0) is 41.7 Å². The quantitative estimate of drug-likeness (QED) is 0.642. The molecule has 27 heavy (non-hydrogen) atoms. The number of aromatic amines is 1. The van der Waals surface area contributed by atoms with Crippen molar-refractivity contribution in [3.05, 3.63) is 46.8 Å². The number of nitrogens with zero attached hydrogens (tertiary/aromatic N) is 3. The Balaban J connectivity index is 1.93. The van der Waals surface area contributed by atoms with E-state index in [2.05, 4.69) is 32.8 Å². The Morgan fingerprint density at radius 1 is 1.26 bits per heavy atom. The summed E-state index contributed by atoms with van der Waals surface area (Å²) in [5.41, 5.74) is 4.44. The van der Waals surface area contributed by atoms with Gasteiger partial charge in [-0.15, -0.1) is 0 Å². The molecule has 0 bridgehead atoms. The van der Waals surface area contributed by atoms with Gasteiger partial charge in [-0.25, -0.2) is 9.42 Å². The number of carbonyl (C=O) groups is 1. The second kappa shape index (κ2) is 7.22. The van der Waals surface area contributed by atoms with Crippen LogP contribution in [-0.4, -0.2) is 33.1 Å². The largest absolute Gasteiger partial charge is 0.463 e. The maximum Gasteiger partial charge on any atom is 0.336 e. The van der Waals surface area contributed by atoms with Crippen molar-refractivity contribution in [3.63, 3.8) is 0 Å². The van der Waals surface area contributed by atoms with Gasteiger partial charge in [-0.2, -0.15) is 5.10 Å². The van der Waals surface area contributed by atoms with Crippen LogP contribution in [0.25, 0.3) is 11.0 Å². The number of hydrogen-bond acceptors (Lipinski definition) is 7. The summed E-state index contributed by atoms with van der Waals surface area (Å²) in [4.78, 5) is 13.0. The fourth-order valence-electron chi connectivity index (χ4n) is 3.55. The first-order valence-electron chi connectivity index (χ1n) is 9.16. The third-order valence-electron chi connectivity index (χ3n) is 4.77. The van der Waals surface area contributed by atoms with Crippen LogP contribution < -0.4 is 5.32 Å². The Morgan fingerprint density at radius 3 is 2.96 bits per heavy atom. The third-order valence-corrected chi connectivity index (χ3v) is 4.77. The molecule has 140 valence electrons. The van der Waals surface area contributed by atoms with Crippen molar-refractivity contribution in [2.24, 2.45) is 0 Å². The third kappa shape index (κ3) is 2.97. The van der Waals surface area contributed by atoms with Crippen LogP contribution in [0.15, 0.2) is 40.3 Å². The van der Waals surface area contributed by atoms with Gasteiger partial charge in [0.2, 0.25) is 0 Å². The summed E-state index contributed by atoms with van der Waals surface area (Å²) in [6, 6.07) is 5.66. The van der Waals surface area contributed by atoms with Crippen LogP contribution in [-0.2, 0) is 9.53 Å². The second-order valence-corrected chi connectivity index (χ2v) is 6.45. The molecule has 0 amide bonds. The van der Waals surface area contributed by atoms with E-state index in [9.17, 15) is 4.79 Å². The molecule has 0 fully saturated rings. The molecular weight excluding hydrogens is 346 g/mol. The maximum absolute atomic E-state index is 13.0. The molecule has 0 aliphatic carbocycles. The van der Waals surface area contributed by atoms with Gasteiger partial charge in [0.15, 0.2) is 0 Å². The van der Waals surface area contributed by atoms with Crippen molar-refractivity contribution in [2.75, 3.05) is 11.9 Å². The Bertz CT molecular complexity index is 1000. The van der Waals surface area contributed by atoms with Crippen LogP contribution in [0.4, 0.5) is 5.82 Å². The van der Waals surface area contributed by atoms with Crippen LogP contribution >= 0.6 is 0 Å². The van der Waals surface area contributed by atoms with Gasteiger partial charge >= 0.3 is 5.97 Å². The number of hydrogen-bond donors (Lipinski definition) is 2. The number of carbonyl (C=O) groups excluding carboxylic acids is 1. The van der Waals surface area contributed by atoms with E-state index in [0.717, 1.165) is 41.9 Å². The number of allylic oxidation sites excluding steroid dienone is 1. The average Bonchev–Trinajstić information content (AvgIpc) is 3.33. The van der Waals surface area contributed by atoms with Crippen molar-refractivity contribution in [1.29, 1.82) is 0 Å². The summed E-state index contributed by atoms with van der Waals surface area (Å²) in [6.07, 6.45) is 4.45. The van der Waals surface area contributed by atoms with Crippen LogP contribution in [0.5, 0.6) is 0 Å². The SMILES string of the molecule is CCCCC1=C(C(=O)OCC)C(c2cccc3nonc23)c2cn[nH]c2N1. The Morgan fingerprint density at radius 2 is 2.15 bits per heavy atom. The lowest BCUT2D eigenvalue weighted by molar-refractivity contribution is -0.138. The molecule has 1 aliphatic heterocycles. The van der Waals surface area contributed by atoms with Gasteiger partial charge < -0.3 is 10.1 Å². The molecule has 0 saturated carbocycles. The molecule has 0 saturated heterocycles. The number of esters is 1. The zero-order valence-electron chi connectivity index (χ0n) is 15.3. The molecule has 2 aromatic heterocycles. The number of aromatic nitrogens is 4. The molecule has 0 spiro atoms. The topological polar surface area (TPSA) is 106 Å². The summed E-state index contributed by atoms with van der Waals surface area (Å²) in [5, 5.41) is 18.5. The smallest absolute Gasteiger partial charge is 0.336 e. The minimum Gasteiger partial charge on any atom is -0.463 e. The molecule has 1 aliphatic rings. The number of rotatable bonds is 6. The summed E-state index contributed by atoms with van der Waals surface area (Å²) < 4.78 is 10.3. The molecule has 0 radical (unpaired) electrons. The number of nitrogens with one attached hydrogen (secondary N) is 2. The highest BCUT2D eigenvalue weighted by Gasteiger charge is 2.36. The standard InChI is InChI=1S/C19H21N5O3/c1-3-5-8-13-16(19(25)26-4-2)15(12-10-20-22-18(12)21-13)11-7-6-9-14-17(11)24-27-23-14/h6-7,9-10,15H,3-5,8H2,1-2H3,(H2,20,21,22). The molecule has 1 aromatic carbocycles. The van der Waals surface area contributed by atoms with E-state index < -0.39 is 0 Å². The van der Waals surface area contributed by atoms with E-state index in [1.54, 1.807) is 13.1 Å². The van der Waals surface area contributed by atoms with Crippen molar-refractivity contribution in [2.45, 2.75) is 39.0 Å².